The van der Waals surface area contributed by atoms with Crippen molar-refractivity contribution >= 4 is 15.9 Å². The maximum absolute atomic E-state index is 11.7. The van der Waals surface area contributed by atoms with Crippen LogP contribution in [0.2, 0.25) is 0 Å². The largest absolute Gasteiger partial charge is 0.334 e. The van der Waals surface area contributed by atoms with Gasteiger partial charge >= 0.3 is 6.03 Å². The molecule has 1 unspecified atom stereocenters. The Bertz CT molecular complexity index is 464. The summed E-state index contributed by atoms with van der Waals surface area (Å²) in [5.41, 5.74) is 1.20. The fourth-order valence-electron chi connectivity index (χ4n) is 2.81. The van der Waals surface area contributed by atoms with Crippen LogP contribution in [-0.4, -0.2) is 32.0 Å². The number of carbonyl (C=O) groups is 1. The second-order valence-corrected chi connectivity index (χ2v) is 7.82. The smallest absolute Gasteiger partial charge is 0.319 e. The van der Waals surface area contributed by atoms with Crippen LogP contribution in [0.5, 0.6) is 0 Å². The number of allylic oxidation sites excluding steroid dienone is 1. The Morgan fingerprint density at radius 1 is 1.21 bits per heavy atom. The molecular formula is C13H22N2O3S. The zero-order chi connectivity index (χ0) is 13.9. The number of nitrogens with one attached hydrogen (secondary N) is 2. The van der Waals surface area contributed by atoms with Gasteiger partial charge in [-0.05, 0) is 32.1 Å². The molecule has 0 aromatic heterocycles. The van der Waals surface area contributed by atoms with Crippen LogP contribution >= 0.6 is 0 Å². The summed E-state index contributed by atoms with van der Waals surface area (Å²) in [6.45, 7) is 2.04. The average Bonchev–Trinajstić information content (AvgIpc) is 2.96. The number of hydrogen-bond donors (Lipinski definition) is 2. The topological polar surface area (TPSA) is 75.3 Å². The lowest BCUT2D eigenvalue weighted by atomic mass is 10.0. The Labute approximate surface area is 114 Å². The van der Waals surface area contributed by atoms with E-state index in [2.05, 4.69) is 10.6 Å². The van der Waals surface area contributed by atoms with Crippen molar-refractivity contribution in [1.29, 1.82) is 0 Å². The molecule has 1 saturated carbocycles. The fourth-order valence-corrected chi connectivity index (χ4v) is 4.49. The summed E-state index contributed by atoms with van der Waals surface area (Å²) in [5, 5.41) is 5.41. The number of amides is 2. The first-order valence-electron chi connectivity index (χ1n) is 6.90. The second kappa shape index (κ2) is 5.94. The predicted molar refractivity (Wildman–Crippen MR) is 74.4 cm³/mol. The van der Waals surface area contributed by atoms with Crippen molar-refractivity contribution in [2.75, 3.05) is 11.5 Å². The summed E-state index contributed by atoms with van der Waals surface area (Å²) in [5.74, 6) is 0.827. The number of carbonyl (C=O) groups excluding carboxylic acids is 1. The summed E-state index contributed by atoms with van der Waals surface area (Å²) in [7, 11) is -2.94. The van der Waals surface area contributed by atoms with Gasteiger partial charge in [-0.3, -0.25) is 0 Å². The fraction of sp³-hybridized carbons (Fsp3) is 0.769. The van der Waals surface area contributed by atoms with Gasteiger partial charge in [-0.15, -0.1) is 0 Å². The van der Waals surface area contributed by atoms with Gasteiger partial charge < -0.3 is 10.6 Å². The van der Waals surface area contributed by atoms with Crippen molar-refractivity contribution in [3.8, 4) is 0 Å². The molecule has 2 fully saturated rings. The minimum Gasteiger partial charge on any atom is -0.334 e. The molecule has 5 nitrogen and oxygen atoms in total. The normalized spacial score (nSPS) is 27.4. The van der Waals surface area contributed by atoms with Gasteiger partial charge in [0.2, 0.25) is 0 Å². The molecule has 108 valence electrons. The predicted octanol–water partition coefficient (Wildman–Crippen LogP) is 1.57. The summed E-state index contributed by atoms with van der Waals surface area (Å²) in [4.78, 5) is 11.7. The van der Waals surface area contributed by atoms with Crippen LogP contribution in [0.4, 0.5) is 4.79 Å². The molecule has 1 heterocycles. The SMILES string of the molecule is C/C(=C\NC(=O)NC1CCS(=O)(=O)C1)C1CCCC1. The highest BCUT2D eigenvalue weighted by molar-refractivity contribution is 7.91. The van der Waals surface area contributed by atoms with E-state index in [-0.39, 0.29) is 23.6 Å². The van der Waals surface area contributed by atoms with Gasteiger partial charge in [-0.2, -0.15) is 0 Å². The Hall–Kier alpha value is -1.04. The van der Waals surface area contributed by atoms with Gasteiger partial charge in [0.05, 0.1) is 11.5 Å². The zero-order valence-corrected chi connectivity index (χ0v) is 12.1. The first-order chi connectivity index (χ1) is 8.96. The molecule has 0 aromatic carbocycles. The number of sulfone groups is 1. The maximum Gasteiger partial charge on any atom is 0.319 e. The third kappa shape index (κ3) is 4.23. The highest BCUT2D eigenvalue weighted by atomic mass is 32.2. The monoisotopic (exact) mass is 286 g/mol. The Morgan fingerprint density at radius 2 is 1.89 bits per heavy atom. The Balaban J connectivity index is 1.77. The van der Waals surface area contributed by atoms with Gasteiger partial charge in [0.25, 0.3) is 0 Å². The van der Waals surface area contributed by atoms with Gasteiger partial charge in [-0.1, -0.05) is 18.4 Å². The first kappa shape index (κ1) is 14.4. The van der Waals surface area contributed by atoms with Crippen LogP contribution in [-0.2, 0) is 9.84 Å². The lowest BCUT2D eigenvalue weighted by Gasteiger charge is -2.12. The standard InChI is InChI=1S/C13H22N2O3S/c1-10(11-4-2-3-5-11)8-14-13(16)15-12-6-7-19(17,18)9-12/h8,11-12H,2-7,9H2,1H3,(H2,14,15,16)/b10-8+. The molecule has 6 heteroatoms. The highest BCUT2D eigenvalue weighted by Gasteiger charge is 2.28. The van der Waals surface area contributed by atoms with Crippen LogP contribution in [0, 0.1) is 5.92 Å². The van der Waals surface area contributed by atoms with E-state index in [0.29, 0.717) is 12.3 Å². The van der Waals surface area contributed by atoms with E-state index in [1.54, 1.807) is 6.20 Å². The molecule has 1 aliphatic heterocycles. The van der Waals surface area contributed by atoms with Crippen molar-refractivity contribution in [2.24, 2.45) is 5.92 Å². The maximum atomic E-state index is 11.7. The minimum absolute atomic E-state index is 0.0613. The van der Waals surface area contributed by atoms with E-state index in [9.17, 15) is 13.2 Å². The summed E-state index contributed by atoms with van der Waals surface area (Å²) >= 11 is 0. The third-order valence-electron chi connectivity index (χ3n) is 4.00. The van der Waals surface area contributed by atoms with Crippen molar-refractivity contribution < 1.29 is 13.2 Å². The van der Waals surface area contributed by atoms with E-state index in [1.807, 2.05) is 6.92 Å². The molecule has 1 saturated heterocycles. The summed E-state index contributed by atoms with van der Waals surface area (Å²) in [6, 6.07) is -0.551. The molecule has 2 amide bonds. The number of rotatable bonds is 3. The van der Waals surface area contributed by atoms with Crippen LogP contribution in [0.15, 0.2) is 11.8 Å². The molecule has 0 bridgehead atoms. The van der Waals surface area contributed by atoms with Crippen LogP contribution in [0.25, 0.3) is 0 Å². The Kier molecular flexibility index (Phi) is 4.50. The average molecular weight is 286 g/mol. The van der Waals surface area contributed by atoms with Gasteiger partial charge in [0, 0.05) is 12.2 Å². The molecule has 2 rings (SSSR count). The quantitative estimate of drug-likeness (QED) is 0.827. The Morgan fingerprint density at radius 3 is 2.47 bits per heavy atom. The second-order valence-electron chi connectivity index (χ2n) is 5.59. The van der Waals surface area contributed by atoms with E-state index >= 15 is 0 Å². The molecule has 0 spiro atoms. The van der Waals surface area contributed by atoms with E-state index < -0.39 is 9.84 Å². The molecule has 1 atom stereocenters. The van der Waals surface area contributed by atoms with E-state index in [1.165, 1.54) is 31.3 Å². The van der Waals surface area contributed by atoms with Crippen molar-refractivity contribution in [3.05, 3.63) is 11.8 Å². The van der Waals surface area contributed by atoms with Gasteiger partial charge in [0.15, 0.2) is 9.84 Å². The zero-order valence-electron chi connectivity index (χ0n) is 11.3. The molecule has 0 aromatic rings. The lowest BCUT2D eigenvalue weighted by Crippen LogP contribution is -2.40. The van der Waals surface area contributed by atoms with Gasteiger partial charge in [-0.25, -0.2) is 13.2 Å². The van der Waals surface area contributed by atoms with Crippen LogP contribution in [0.1, 0.15) is 39.0 Å². The van der Waals surface area contributed by atoms with Crippen molar-refractivity contribution in [2.45, 2.75) is 45.1 Å². The van der Waals surface area contributed by atoms with E-state index in [0.717, 1.165) is 0 Å². The molecule has 1 aliphatic carbocycles. The van der Waals surface area contributed by atoms with Crippen molar-refractivity contribution in [3.63, 3.8) is 0 Å². The highest BCUT2D eigenvalue weighted by Crippen LogP contribution is 2.30. The molecule has 19 heavy (non-hydrogen) atoms. The van der Waals surface area contributed by atoms with Crippen molar-refractivity contribution in [1.82, 2.24) is 10.6 Å². The van der Waals surface area contributed by atoms with E-state index in [4.69, 9.17) is 0 Å². The first-order valence-corrected chi connectivity index (χ1v) is 8.72. The van der Waals surface area contributed by atoms with Gasteiger partial charge in [0.1, 0.15) is 0 Å². The molecular weight excluding hydrogens is 264 g/mol. The minimum atomic E-state index is -2.94. The number of hydrogen-bond acceptors (Lipinski definition) is 3. The summed E-state index contributed by atoms with van der Waals surface area (Å²) in [6.07, 6.45) is 7.21. The number of urea groups is 1. The molecule has 2 N–H and O–H groups in total. The van der Waals surface area contributed by atoms with Crippen LogP contribution < -0.4 is 10.6 Å². The third-order valence-corrected chi connectivity index (χ3v) is 5.77. The summed E-state index contributed by atoms with van der Waals surface area (Å²) < 4.78 is 22.6. The lowest BCUT2D eigenvalue weighted by molar-refractivity contribution is 0.241. The molecule has 0 radical (unpaired) electrons. The molecule has 2 aliphatic rings. The van der Waals surface area contributed by atoms with Crippen LogP contribution in [0.3, 0.4) is 0 Å².